The molecule has 0 spiro atoms. The van der Waals surface area contributed by atoms with Crippen LogP contribution in [0.15, 0.2) is 24.3 Å². The molecule has 0 saturated heterocycles. The lowest BCUT2D eigenvalue weighted by atomic mass is 10.1. The van der Waals surface area contributed by atoms with Crippen molar-refractivity contribution in [2.75, 3.05) is 0 Å². The fraction of sp³-hybridized carbons (Fsp3) is 0.625. The van der Waals surface area contributed by atoms with Gasteiger partial charge in [0.1, 0.15) is 5.52 Å². The maximum Gasteiger partial charge on any atom is 0.113 e. The van der Waals surface area contributed by atoms with Gasteiger partial charge in [-0.05, 0) is 18.6 Å². The highest BCUT2D eigenvalue weighted by molar-refractivity contribution is 5.73. The van der Waals surface area contributed by atoms with E-state index in [0.29, 0.717) is 0 Å². The van der Waals surface area contributed by atoms with Crippen LogP contribution in [0.4, 0.5) is 0 Å². The lowest BCUT2D eigenvalue weighted by molar-refractivity contribution is 0.519. The Morgan fingerprint density at radius 3 is 2.37 bits per heavy atom. The summed E-state index contributed by atoms with van der Waals surface area (Å²) in [7, 11) is 0. The van der Waals surface area contributed by atoms with Crippen molar-refractivity contribution < 1.29 is 0 Å². The highest BCUT2D eigenvalue weighted by atomic mass is 15.4. The number of unbranched alkanes of at least 4 members (excludes halogenated alkanes) is 7. The Hall–Kier alpha value is -1.38. The van der Waals surface area contributed by atoms with Crippen molar-refractivity contribution in [3.8, 4) is 0 Å². The normalized spacial score (nSPS) is 11.2. The summed E-state index contributed by atoms with van der Waals surface area (Å²) in [6, 6.07) is 8.18. The summed E-state index contributed by atoms with van der Waals surface area (Å²) in [6.45, 7) is 3.26. The molecule has 2 rings (SSSR count). The minimum Gasteiger partial charge on any atom is -0.245 e. The van der Waals surface area contributed by atoms with Crippen LogP contribution in [0.1, 0.15) is 58.3 Å². The zero-order valence-electron chi connectivity index (χ0n) is 12.0. The van der Waals surface area contributed by atoms with Crippen molar-refractivity contribution in [2.45, 2.75) is 64.8 Å². The first-order chi connectivity index (χ1) is 9.42. The van der Waals surface area contributed by atoms with Gasteiger partial charge in [-0.2, -0.15) is 0 Å². The van der Waals surface area contributed by atoms with Crippen LogP contribution in [0.5, 0.6) is 0 Å². The van der Waals surface area contributed by atoms with Crippen LogP contribution in [0.25, 0.3) is 11.0 Å². The topological polar surface area (TPSA) is 30.7 Å². The number of aryl methyl sites for hydroxylation is 1. The summed E-state index contributed by atoms with van der Waals surface area (Å²) < 4.78 is 2.03. The Labute approximate surface area is 116 Å². The number of para-hydroxylation sites is 1. The number of rotatable bonds is 9. The first-order valence-electron chi connectivity index (χ1n) is 7.70. The summed E-state index contributed by atoms with van der Waals surface area (Å²) in [4.78, 5) is 0. The number of hydrogen-bond donors (Lipinski definition) is 0. The molecule has 19 heavy (non-hydrogen) atoms. The van der Waals surface area contributed by atoms with Crippen molar-refractivity contribution in [3.63, 3.8) is 0 Å². The minimum absolute atomic E-state index is 0.996. The van der Waals surface area contributed by atoms with Gasteiger partial charge in [0.05, 0.1) is 5.52 Å². The van der Waals surface area contributed by atoms with Gasteiger partial charge < -0.3 is 0 Å². The molecule has 3 heteroatoms. The molecule has 0 aliphatic rings. The Morgan fingerprint density at radius 1 is 0.895 bits per heavy atom. The largest absolute Gasteiger partial charge is 0.245 e. The van der Waals surface area contributed by atoms with Gasteiger partial charge in [0.15, 0.2) is 0 Å². The summed E-state index contributed by atoms with van der Waals surface area (Å²) in [5.41, 5.74) is 2.16. The van der Waals surface area contributed by atoms with Crippen molar-refractivity contribution in [1.29, 1.82) is 0 Å². The molecule has 104 valence electrons. The SMILES string of the molecule is CCCCCCCCCCn1nnc2ccccc21. The van der Waals surface area contributed by atoms with Gasteiger partial charge >= 0.3 is 0 Å². The van der Waals surface area contributed by atoms with E-state index < -0.39 is 0 Å². The predicted octanol–water partition coefficient (Wildman–Crippen LogP) is 4.57. The highest BCUT2D eigenvalue weighted by Gasteiger charge is 2.02. The third-order valence-electron chi connectivity index (χ3n) is 3.64. The van der Waals surface area contributed by atoms with E-state index in [2.05, 4.69) is 29.4 Å². The zero-order chi connectivity index (χ0) is 13.3. The third kappa shape index (κ3) is 4.34. The van der Waals surface area contributed by atoms with Crippen molar-refractivity contribution >= 4 is 11.0 Å². The van der Waals surface area contributed by atoms with E-state index in [9.17, 15) is 0 Å². The molecule has 0 fully saturated rings. The molecular formula is C16H25N3. The average Bonchev–Trinajstić information content (AvgIpc) is 2.85. The smallest absolute Gasteiger partial charge is 0.113 e. The van der Waals surface area contributed by atoms with E-state index in [1.807, 2.05) is 16.8 Å². The van der Waals surface area contributed by atoms with Crippen molar-refractivity contribution in [1.82, 2.24) is 15.0 Å². The van der Waals surface area contributed by atoms with Gasteiger partial charge in [-0.1, -0.05) is 69.2 Å². The molecule has 0 N–H and O–H groups in total. The van der Waals surface area contributed by atoms with Crippen LogP contribution in [0, 0.1) is 0 Å². The van der Waals surface area contributed by atoms with E-state index in [0.717, 1.165) is 17.6 Å². The Bertz CT molecular complexity index is 476. The third-order valence-corrected chi connectivity index (χ3v) is 3.64. The van der Waals surface area contributed by atoms with Crippen LogP contribution in [0.2, 0.25) is 0 Å². The molecule has 1 aromatic heterocycles. The molecule has 0 aliphatic carbocycles. The maximum atomic E-state index is 4.22. The molecule has 1 aromatic carbocycles. The van der Waals surface area contributed by atoms with Crippen LogP contribution in [0.3, 0.4) is 0 Å². The lowest BCUT2D eigenvalue weighted by Crippen LogP contribution is -2.00. The molecular weight excluding hydrogens is 234 g/mol. The van der Waals surface area contributed by atoms with Gasteiger partial charge in [0.2, 0.25) is 0 Å². The fourth-order valence-electron chi connectivity index (χ4n) is 2.48. The molecule has 2 aromatic rings. The quantitative estimate of drug-likeness (QED) is 0.617. The Balaban J connectivity index is 1.63. The monoisotopic (exact) mass is 259 g/mol. The molecule has 0 unspecified atom stereocenters. The van der Waals surface area contributed by atoms with Crippen LogP contribution in [-0.2, 0) is 6.54 Å². The molecule has 3 nitrogen and oxygen atoms in total. The summed E-state index contributed by atoms with van der Waals surface area (Å²) in [6.07, 6.45) is 10.8. The second kappa shape index (κ2) is 7.93. The second-order valence-corrected chi connectivity index (χ2v) is 5.28. The first-order valence-corrected chi connectivity index (χ1v) is 7.70. The standard InChI is InChI=1S/C16H25N3/c1-2-3-4-5-6-7-8-11-14-19-16-13-10-9-12-15(16)17-18-19/h9-10,12-13H,2-8,11,14H2,1H3. The van der Waals surface area contributed by atoms with Crippen molar-refractivity contribution in [2.24, 2.45) is 0 Å². The molecule has 1 heterocycles. The number of benzene rings is 1. The highest BCUT2D eigenvalue weighted by Crippen LogP contribution is 2.12. The van der Waals surface area contributed by atoms with Gasteiger partial charge in [-0.3, -0.25) is 0 Å². The molecule has 0 atom stereocenters. The van der Waals surface area contributed by atoms with Gasteiger partial charge in [-0.15, -0.1) is 5.10 Å². The number of aromatic nitrogens is 3. The summed E-state index contributed by atoms with van der Waals surface area (Å²) >= 11 is 0. The molecule has 0 saturated carbocycles. The van der Waals surface area contributed by atoms with E-state index in [-0.39, 0.29) is 0 Å². The van der Waals surface area contributed by atoms with E-state index >= 15 is 0 Å². The van der Waals surface area contributed by atoms with Gasteiger partial charge in [-0.25, -0.2) is 4.68 Å². The van der Waals surface area contributed by atoms with Crippen LogP contribution >= 0.6 is 0 Å². The van der Waals surface area contributed by atoms with Crippen molar-refractivity contribution in [3.05, 3.63) is 24.3 Å². The summed E-state index contributed by atoms with van der Waals surface area (Å²) in [5.74, 6) is 0. The Kier molecular flexibility index (Phi) is 5.86. The fourth-order valence-corrected chi connectivity index (χ4v) is 2.48. The van der Waals surface area contributed by atoms with E-state index in [1.54, 1.807) is 0 Å². The average molecular weight is 259 g/mol. The number of hydrogen-bond acceptors (Lipinski definition) is 2. The lowest BCUT2D eigenvalue weighted by Gasteiger charge is -2.03. The number of fused-ring (bicyclic) bond motifs is 1. The van der Waals surface area contributed by atoms with Gasteiger partial charge in [0, 0.05) is 6.54 Å². The van der Waals surface area contributed by atoms with Gasteiger partial charge in [0.25, 0.3) is 0 Å². The second-order valence-electron chi connectivity index (χ2n) is 5.28. The van der Waals surface area contributed by atoms with Crippen LogP contribution in [-0.4, -0.2) is 15.0 Å². The Morgan fingerprint density at radius 2 is 1.58 bits per heavy atom. The minimum atomic E-state index is 0.996. The summed E-state index contributed by atoms with van der Waals surface area (Å²) in [5, 5.41) is 8.40. The molecule has 0 radical (unpaired) electrons. The molecule has 0 aliphatic heterocycles. The van der Waals surface area contributed by atoms with E-state index in [4.69, 9.17) is 0 Å². The van der Waals surface area contributed by atoms with Crippen LogP contribution < -0.4 is 0 Å². The van der Waals surface area contributed by atoms with E-state index in [1.165, 1.54) is 51.4 Å². The maximum absolute atomic E-state index is 4.22. The zero-order valence-corrected chi connectivity index (χ0v) is 12.0. The predicted molar refractivity (Wildman–Crippen MR) is 80.1 cm³/mol. The molecule has 0 amide bonds. The first kappa shape index (κ1) is 14.0. The molecule has 0 bridgehead atoms. The number of nitrogens with zero attached hydrogens (tertiary/aromatic N) is 3.